The number of ether oxygens (including phenoxy) is 1. The number of nitrogens with one attached hydrogen (secondary N) is 1. The highest BCUT2D eigenvalue weighted by atomic mass is 16.5. The molecule has 0 radical (unpaired) electrons. The second-order valence-corrected chi connectivity index (χ2v) is 3.71. The lowest BCUT2D eigenvalue weighted by Crippen LogP contribution is -2.37. The molecule has 0 spiro atoms. The molecule has 0 saturated heterocycles. The lowest BCUT2D eigenvalue weighted by Gasteiger charge is -2.21. The highest BCUT2D eigenvalue weighted by Crippen LogP contribution is 2.02. The van der Waals surface area contributed by atoms with Crippen molar-refractivity contribution in [3.63, 3.8) is 0 Å². The van der Waals surface area contributed by atoms with E-state index in [9.17, 15) is 9.59 Å². The Morgan fingerprint density at radius 2 is 2.06 bits per heavy atom. The van der Waals surface area contributed by atoms with Gasteiger partial charge in [-0.05, 0) is 17.7 Å². The van der Waals surface area contributed by atoms with Crippen LogP contribution in [0.4, 0.5) is 4.79 Å². The molecule has 1 aromatic heterocycles. The topological polar surface area (TPSA) is 71.5 Å². The first-order valence-corrected chi connectivity index (χ1v) is 5.59. The minimum Gasteiger partial charge on any atom is -0.453 e. The SMILES string of the molecule is COC(=O)NCCN(Cc1ccncc1)C(C)=O. The van der Waals surface area contributed by atoms with Gasteiger partial charge in [-0.3, -0.25) is 9.78 Å². The van der Waals surface area contributed by atoms with Crippen LogP contribution >= 0.6 is 0 Å². The van der Waals surface area contributed by atoms with Crippen molar-refractivity contribution in [3.8, 4) is 0 Å². The number of alkyl carbamates (subject to hydrolysis) is 1. The maximum absolute atomic E-state index is 11.5. The largest absolute Gasteiger partial charge is 0.453 e. The fourth-order valence-electron chi connectivity index (χ4n) is 1.42. The average molecular weight is 251 g/mol. The van der Waals surface area contributed by atoms with Crippen LogP contribution in [0.2, 0.25) is 0 Å². The summed E-state index contributed by atoms with van der Waals surface area (Å²) in [5.41, 5.74) is 0.998. The third kappa shape index (κ3) is 4.82. The van der Waals surface area contributed by atoms with E-state index < -0.39 is 6.09 Å². The zero-order chi connectivity index (χ0) is 13.4. The molecular weight excluding hydrogens is 234 g/mol. The van der Waals surface area contributed by atoms with Crippen LogP contribution in [0, 0.1) is 0 Å². The van der Waals surface area contributed by atoms with Crippen molar-refractivity contribution in [1.82, 2.24) is 15.2 Å². The predicted octanol–water partition coefficient (Wildman–Crippen LogP) is 0.786. The first-order valence-electron chi connectivity index (χ1n) is 5.59. The Morgan fingerprint density at radius 1 is 1.39 bits per heavy atom. The molecule has 6 nitrogen and oxygen atoms in total. The highest BCUT2D eigenvalue weighted by molar-refractivity contribution is 5.73. The lowest BCUT2D eigenvalue weighted by atomic mass is 10.2. The monoisotopic (exact) mass is 251 g/mol. The summed E-state index contributed by atoms with van der Waals surface area (Å²) in [6.07, 6.45) is 2.86. The molecule has 1 heterocycles. The number of carbonyl (C=O) groups is 2. The number of amides is 2. The molecule has 1 aromatic rings. The van der Waals surface area contributed by atoms with E-state index in [4.69, 9.17) is 0 Å². The molecule has 2 amide bonds. The van der Waals surface area contributed by atoms with Crippen molar-refractivity contribution in [2.24, 2.45) is 0 Å². The number of rotatable bonds is 5. The predicted molar refractivity (Wildman–Crippen MR) is 65.7 cm³/mol. The van der Waals surface area contributed by atoms with E-state index in [0.717, 1.165) is 5.56 Å². The summed E-state index contributed by atoms with van der Waals surface area (Å²) in [7, 11) is 1.30. The van der Waals surface area contributed by atoms with E-state index in [0.29, 0.717) is 19.6 Å². The number of hydrogen-bond donors (Lipinski definition) is 1. The van der Waals surface area contributed by atoms with E-state index in [1.165, 1.54) is 14.0 Å². The standard InChI is InChI=1S/C12H17N3O3/c1-10(16)15(8-7-14-12(17)18-2)9-11-3-5-13-6-4-11/h3-6H,7-9H2,1-2H3,(H,14,17). The van der Waals surface area contributed by atoms with Crippen molar-refractivity contribution in [1.29, 1.82) is 0 Å². The fraction of sp³-hybridized carbons (Fsp3) is 0.417. The molecule has 0 saturated carbocycles. The number of hydrogen-bond acceptors (Lipinski definition) is 4. The van der Waals surface area contributed by atoms with Crippen molar-refractivity contribution in [2.45, 2.75) is 13.5 Å². The van der Waals surface area contributed by atoms with Crippen molar-refractivity contribution in [2.75, 3.05) is 20.2 Å². The molecule has 1 rings (SSSR count). The Morgan fingerprint density at radius 3 is 2.61 bits per heavy atom. The molecular formula is C12H17N3O3. The highest BCUT2D eigenvalue weighted by Gasteiger charge is 2.09. The molecule has 1 N–H and O–H groups in total. The van der Waals surface area contributed by atoms with Gasteiger partial charge in [0.15, 0.2) is 0 Å². The van der Waals surface area contributed by atoms with E-state index in [2.05, 4.69) is 15.0 Å². The van der Waals surface area contributed by atoms with Crippen LogP contribution in [0.3, 0.4) is 0 Å². The molecule has 0 bridgehead atoms. The Labute approximate surface area is 106 Å². The van der Waals surface area contributed by atoms with E-state index >= 15 is 0 Å². The minimum absolute atomic E-state index is 0.0431. The van der Waals surface area contributed by atoms with Crippen LogP contribution in [0.5, 0.6) is 0 Å². The van der Waals surface area contributed by atoms with Gasteiger partial charge in [-0.25, -0.2) is 4.79 Å². The smallest absolute Gasteiger partial charge is 0.406 e. The lowest BCUT2D eigenvalue weighted by molar-refractivity contribution is -0.129. The van der Waals surface area contributed by atoms with E-state index in [1.807, 2.05) is 12.1 Å². The van der Waals surface area contributed by atoms with Crippen LogP contribution in [-0.2, 0) is 16.1 Å². The van der Waals surface area contributed by atoms with Crippen LogP contribution in [-0.4, -0.2) is 42.1 Å². The van der Waals surface area contributed by atoms with E-state index in [-0.39, 0.29) is 5.91 Å². The quantitative estimate of drug-likeness (QED) is 0.839. The molecule has 6 heteroatoms. The van der Waals surface area contributed by atoms with Crippen LogP contribution in [0.25, 0.3) is 0 Å². The molecule has 0 fully saturated rings. The van der Waals surface area contributed by atoms with Gasteiger partial charge >= 0.3 is 6.09 Å². The van der Waals surface area contributed by atoms with Crippen LogP contribution in [0.1, 0.15) is 12.5 Å². The fourth-order valence-corrected chi connectivity index (χ4v) is 1.42. The molecule has 98 valence electrons. The maximum Gasteiger partial charge on any atom is 0.406 e. The summed E-state index contributed by atoms with van der Waals surface area (Å²) in [6, 6.07) is 3.70. The molecule has 0 aromatic carbocycles. The van der Waals surface area contributed by atoms with Crippen LogP contribution < -0.4 is 5.32 Å². The number of aromatic nitrogens is 1. The maximum atomic E-state index is 11.5. The Kier molecular flexibility index (Phi) is 5.63. The Bertz CT molecular complexity index is 395. The van der Waals surface area contributed by atoms with Gasteiger partial charge in [-0.1, -0.05) is 0 Å². The first kappa shape index (κ1) is 14.0. The first-order chi connectivity index (χ1) is 8.63. The number of methoxy groups -OCH3 is 1. The molecule has 0 aliphatic heterocycles. The summed E-state index contributed by atoms with van der Waals surface area (Å²) in [6.45, 7) is 2.80. The molecule has 0 atom stereocenters. The number of pyridine rings is 1. The van der Waals surface area contributed by atoms with Gasteiger partial charge in [0.25, 0.3) is 0 Å². The summed E-state index contributed by atoms with van der Waals surface area (Å²) in [5, 5.41) is 2.54. The molecule has 0 unspecified atom stereocenters. The van der Waals surface area contributed by atoms with Gasteiger partial charge in [0.2, 0.25) is 5.91 Å². The van der Waals surface area contributed by atoms with Crippen molar-refractivity contribution in [3.05, 3.63) is 30.1 Å². The molecule has 0 aliphatic rings. The second kappa shape index (κ2) is 7.26. The second-order valence-electron chi connectivity index (χ2n) is 3.71. The van der Waals surface area contributed by atoms with Gasteiger partial charge in [-0.15, -0.1) is 0 Å². The van der Waals surface area contributed by atoms with Crippen molar-refractivity contribution >= 4 is 12.0 Å². The zero-order valence-corrected chi connectivity index (χ0v) is 10.5. The molecule has 18 heavy (non-hydrogen) atoms. The van der Waals surface area contributed by atoms with Gasteiger partial charge in [0.05, 0.1) is 7.11 Å². The summed E-state index contributed by atoms with van der Waals surface area (Å²) in [4.78, 5) is 27.9. The van der Waals surface area contributed by atoms with Gasteiger partial charge in [-0.2, -0.15) is 0 Å². The number of carbonyl (C=O) groups excluding carboxylic acids is 2. The summed E-state index contributed by atoms with van der Waals surface area (Å²) < 4.78 is 4.45. The summed E-state index contributed by atoms with van der Waals surface area (Å²) >= 11 is 0. The third-order valence-corrected chi connectivity index (χ3v) is 2.40. The third-order valence-electron chi connectivity index (χ3n) is 2.40. The van der Waals surface area contributed by atoms with Gasteiger partial charge in [0, 0.05) is 39.0 Å². The van der Waals surface area contributed by atoms with Gasteiger partial charge in [0.1, 0.15) is 0 Å². The summed E-state index contributed by atoms with van der Waals surface area (Å²) in [5.74, 6) is -0.0431. The number of nitrogens with zero attached hydrogens (tertiary/aromatic N) is 2. The van der Waals surface area contributed by atoms with E-state index in [1.54, 1.807) is 17.3 Å². The van der Waals surface area contributed by atoms with Crippen molar-refractivity contribution < 1.29 is 14.3 Å². The van der Waals surface area contributed by atoms with Gasteiger partial charge < -0.3 is 15.0 Å². The minimum atomic E-state index is -0.498. The zero-order valence-electron chi connectivity index (χ0n) is 10.5. The normalized spacial score (nSPS) is 9.67. The Hall–Kier alpha value is -2.11. The molecule has 0 aliphatic carbocycles. The average Bonchev–Trinajstić information content (AvgIpc) is 2.38. The Balaban J connectivity index is 2.46. The van der Waals surface area contributed by atoms with Crippen LogP contribution in [0.15, 0.2) is 24.5 Å².